The summed E-state index contributed by atoms with van der Waals surface area (Å²) in [7, 11) is 0. The van der Waals surface area contributed by atoms with Crippen molar-refractivity contribution in [2.45, 2.75) is 113 Å². The molecule has 36 heavy (non-hydrogen) atoms. The van der Waals surface area contributed by atoms with Gasteiger partial charge in [-0.15, -0.1) is 0 Å². The molecule has 0 saturated carbocycles. The Hall–Kier alpha value is -1.78. The lowest BCUT2D eigenvalue weighted by molar-refractivity contribution is -0.121. The summed E-state index contributed by atoms with van der Waals surface area (Å²) < 4.78 is 0. The Morgan fingerprint density at radius 1 is 1.08 bits per heavy atom. The van der Waals surface area contributed by atoms with E-state index in [9.17, 15) is 24.6 Å². The van der Waals surface area contributed by atoms with Crippen molar-refractivity contribution in [2.24, 2.45) is 0 Å². The second kappa shape index (κ2) is 17.6. The number of nitrogens with one attached hydrogen (secondary N) is 4. The first-order chi connectivity index (χ1) is 17.4. The minimum absolute atomic E-state index is 0.0467. The second-order valence-electron chi connectivity index (χ2n) is 9.89. The maximum absolute atomic E-state index is 12.0. The number of amides is 4. The van der Waals surface area contributed by atoms with Crippen molar-refractivity contribution in [3.05, 3.63) is 12.2 Å². The molecule has 2 aliphatic rings. The quantitative estimate of drug-likeness (QED) is 0.0868. The first-order valence-corrected chi connectivity index (χ1v) is 14.6. The van der Waals surface area contributed by atoms with Crippen LogP contribution in [0.3, 0.4) is 0 Å². The molecule has 0 bridgehead atoms. The van der Waals surface area contributed by atoms with E-state index in [0.29, 0.717) is 11.7 Å². The molecular formula is C26H46N4O5S. The van der Waals surface area contributed by atoms with Gasteiger partial charge in [-0.1, -0.05) is 50.7 Å². The number of thioether (sulfide) groups is 1. The van der Waals surface area contributed by atoms with E-state index in [1.54, 1.807) is 6.08 Å². The summed E-state index contributed by atoms with van der Waals surface area (Å²) >= 11 is 1.92. The van der Waals surface area contributed by atoms with Crippen LogP contribution >= 0.6 is 11.8 Å². The van der Waals surface area contributed by atoms with Gasteiger partial charge in [-0.3, -0.25) is 9.59 Å². The number of unbranched alkanes of at least 4 members (excludes halogenated alkanes) is 8. The summed E-state index contributed by atoms with van der Waals surface area (Å²) in [5, 5.41) is 31.2. The van der Waals surface area contributed by atoms with Gasteiger partial charge in [0.05, 0.1) is 30.8 Å². The van der Waals surface area contributed by atoms with E-state index in [1.165, 1.54) is 26.2 Å². The number of aliphatic hydroxyl groups excluding tert-OH is 2. The highest BCUT2D eigenvalue weighted by Gasteiger charge is 2.42. The van der Waals surface area contributed by atoms with Crippen molar-refractivity contribution in [1.29, 1.82) is 0 Å². The molecule has 2 rings (SSSR count). The molecule has 0 aromatic rings. The Morgan fingerprint density at radius 3 is 2.53 bits per heavy atom. The van der Waals surface area contributed by atoms with Crippen LogP contribution in [0, 0.1) is 0 Å². The molecule has 2 aliphatic heterocycles. The van der Waals surface area contributed by atoms with Gasteiger partial charge in [0.25, 0.3) is 0 Å². The monoisotopic (exact) mass is 526 g/mol. The van der Waals surface area contributed by atoms with Crippen LogP contribution in [0.2, 0.25) is 0 Å². The Kier molecular flexibility index (Phi) is 14.9. The van der Waals surface area contributed by atoms with E-state index in [0.717, 1.165) is 63.7 Å². The zero-order valence-corrected chi connectivity index (χ0v) is 22.5. The third-order valence-corrected chi connectivity index (χ3v) is 8.29. The third-order valence-electron chi connectivity index (χ3n) is 6.78. The van der Waals surface area contributed by atoms with E-state index in [2.05, 4.69) is 21.3 Å². The zero-order chi connectivity index (χ0) is 26.2. The summed E-state index contributed by atoms with van der Waals surface area (Å²) in [5.41, 5.74) is 0. The van der Waals surface area contributed by atoms with Crippen molar-refractivity contribution in [3.8, 4) is 0 Å². The molecule has 2 unspecified atom stereocenters. The summed E-state index contributed by atoms with van der Waals surface area (Å²) in [6.07, 6.45) is 14.9. The molecule has 0 aromatic carbocycles. The predicted molar refractivity (Wildman–Crippen MR) is 144 cm³/mol. The number of allylic oxidation sites excluding steroid dienone is 1. The maximum Gasteiger partial charge on any atom is 0.315 e. The molecule has 2 fully saturated rings. The number of rotatable bonds is 19. The van der Waals surface area contributed by atoms with Crippen molar-refractivity contribution in [2.75, 3.05) is 18.9 Å². The summed E-state index contributed by atoms with van der Waals surface area (Å²) in [6.45, 7) is 1.82. The number of fused-ring (bicyclic) bond motifs is 1. The first-order valence-electron chi connectivity index (χ1n) is 13.6. The number of hydrogen-bond acceptors (Lipinski definition) is 6. The number of carbonyl (C=O) groups is 3. The van der Waals surface area contributed by atoms with Crippen LogP contribution in [0.5, 0.6) is 0 Å². The maximum atomic E-state index is 12.0. The average molecular weight is 527 g/mol. The van der Waals surface area contributed by atoms with Gasteiger partial charge in [0.2, 0.25) is 11.8 Å². The van der Waals surface area contributed by atoms with Crippen molar-refractivity contribution in [1.82, 2.24) is 21.3 Å². The Morgan fingerprint density at radius 2 is 1.81 bits per heavy atom. The SMILES string of the molecule is CC(=O)N[C@@H](CO)[C@H](O)/C=C/CCCCCCCCCNC(=O)CCCC[C@@H]1SCC2NC(=O)NC21. The third kappa shape index (κ3) is 12.0. The van der Waals surface area contributed by atoms with Crippen LogP contribution in [-0.4, -0.2) is 76.4 Å². The molecule has 10 heteroatoms. The van der Waals surface area contributed by atoms with Gasteiger partial charge in [0.15, 0.2) is 0 Å². The summed E-state index contributed by atoms with van der Waals surface area (Å²) in [5.74, 6) is 0.848. The number of hydrogen-bond donors (Lipinski definition) is 6. The standard InChI is InChI=1S/C26H46N4O5S/c1-19(32)28-20(17-31)22(33)13-9-7-5-3-2-4-6-8-12-16-27-24(34)15-11-10-14-23-25-21(18-36-23)29-26(35)30-25/h9,13,20-23,25,31,33H,2-8,10-12,14-18H2,1H3,(H,27,34)(H,28,32)(H2,29,30,35)/b13-9+/t20-,21?,22+,23-,25?/m0/s1. The van der Waals surface area contributed by atoms with E-state index >= 15 is 0 Å². The van der Waals surface area contributed by atoms with Crippen LogP contribution in [0.4, 0.5) is 4.79 Å². The fraction of sp³-hybridized carbons (Fsp3) is 0.808. The second-order valence-corrected chi connectivity index (χ2v) is 11.2. The van der Waals surface area contributed by atoms with Gasteiger partial charge < -0.3 is 31.5 Å². The Bertz CT molecular complexity index is 708. The number of aliphatic hydroxyl groups is 2. The topological polar surface area (TPSA) is 140 Å². The van der Waals surface area contributed by atoms with Gasteiger partial charge in [-0.25, -0.2) is 4.79 Å². The summed E-state index contributed by atoms with van der Waals surface area (Å²) in [6, 6.07) is -0.194. The highest BCUT2D eigenvalue weighted by Crippen LogP contribution is 2.33. The molecule has 2 saturated heterocycles. The van der Waals surface area contributed by atoms with Gasteiger partial charge in [-0.2, -0.15) is 11.8 Å². The minimum atomic E-state index is -0.876. The van der Waals surface area contributed by atoms with Crippen LogP contribution in [0.1, 0.15) is 84.0 Å². The lowest BCUT2D eigenvalue weighted by Crippen LogP contribution is -2.44. The van der Waals surface area contributed by atoms with E-state index in [1.807, 2.05) is 17.8 Å². The molecule has 2 heterocycles. The van der Waals surface area contributed by atoms with Crippen LogP contribution in [-0.2, 0) is 9.59 Å². The number of carbonyl (C=O) groups excluding carboxylic acids is 3. The van der Waals surface area contributed by atoms with Crippen molar-refractivity contribution < 1.29 is 24.6 Å². The first kappa shape index (κ1) is 30.4. The van der Waals surface area contributed by atoms with Crippen LogP contribution in [0.15, 0.2) is 12.2 Å². The van der Waals surface area contributed by atoms with Crippen LogP contribution < -0.4 is 21.3 Å². The van der Waals surface area contributed by atoms with Crippen molar-refractivity contribution in [3.63, 3.8) is 0 Å². The molecule has 0 radical (unpaired) electrons. The van der Waals surface area contributed by atoms with Gasteiger partial charge in [0, 0.05) is 30.9 Å². The molecule has 9 nitrogen and oxygen atoms in total. The van der Waals surface area contributed by atoms with Gasteiger partial charge in [-0.05, 0) is 32.1 Å². The molecule has 5 atom stereocenters. The highest BCUT2D eigenvalue weighted by molar-refractivity contribution is 8.00. The lowest BCUT2D eigenvalue weighted by Gasteiger charge is -2.18. The normalized spacial score (nSPS) is 22.6. The largest absolute Gasteiger partial charge is 0.394 e. The molecular weight excluding hydrogens is 480 g/mol. The fourth-order valence-electron chi connectivity index (χ4n) is 4.73. The van der Waals surface area contributed by atoms with Gasteiger partial charge in [0.1, 0.15) is 0 Å². The average Bonchev–Trinajstić information content (AvgIpc) is 3.39. The van der Waals surface area contributed by atoms with E-state index in [-0.39, 0.29) is 36.5 Å². The predicted octanol–water partition coefficient (Wildman–Crippen LogP) is 2.36. The smallest absolute Gasteiger partial charge is 0.315 e. The van der Waals surface area contributed by atoms with Crippen molar-refractivity contribution >= 4 is 29.6 Å². The molecule has 4 amide bonds. The van der Waals surface area contributed by atoms with E-state index < -0.39 is 12.1 Å². The fourth-order valence-corrected chi connectivity index (χ4v) is 6.27. The minimum Gasteiger partial charge on any atom is -0.394 e. The summed E-state index contributed by atoms with van der Waals surface area (Å²) in [4.78, 5) is 34.5. The Balaban J connectivity index is 1.34. The highest BCUT2D eigenvalue weighted by atomic mass is 32.2. The zero-order valence-electron chi connectivity index (χ0n) is 21.7. The van der Waals surface area contributed by atoms with Crippen LogP contribution in [0.25, 0.3) is 0 Å². The molecule has 0 aromatic heterocycles. The number of urea groups is 1. The molecule has 6 N–H and O–H groups in total. The van der Waals surface area contributed by atoms with E-state index in [4.69, 9.17) is 0 Å². The lowest BCUT2D eigenvalue weighted by atomic mass is 10.0. The van der Waals surface area contributed by atoms with Gasteiger partial charge >= 0.3 is 6.03 Å². The molecule has 0 aliphatic carbocycles. The Labute approximate surface area is 220 Å². The molecule has 206 valence electrons. The molecule has 0 spiro atoms.